The largest absolute Gasteiger partial charge is 0.444 e. The second-order valence-electron chi connectivity index (χ2n) is 7.58. The molecule has 1 aromatic rings. The number of carbonyl (C=O) groups excluding carboxylic acids is 2. The molecule has 1 rings (SSSR count). The Kier molecular flexibility index (Phi) is 13.8. The number of amides is 2. The van der Waals surface area contributed by atoms with Gasteiger partial charge in [-0.05, 0) is 39.3 Å². The summed E-state index contributed by atoms with van der Waals surface area (Å²) in [6.07, 6.45) is 5.63. The van der Waals surface area contributed by atoms with E-state index in [1.54, 1.807) is 31.6 Å². The maximum Gasteiger partial charge on any atom is 0.407 e. The quantitative estimate of drug-likeness (QED) is 0.220. The monoisotopic (exact) mass is 534 g/mol. The van der Waals surface area contributed by atoms with Crippen molar-refractivity contribution >= 4 is 47.6 Å². The lowest BCUT2D eigenvalue weighted by molar-refractivity contribution is -0.115. The van der Waals surface area contributed by atoms with Crippen LogP contribution in [0.25, 0.3) is 0 Å². The van der Waals surface area contributed by atoms with E-state index in [0.29, 0.717) is 18.2 Å². The molecule has 0 aliphatic heterocycles. The summed E-state index contributed by atoms with van der Waals surface area (Å²) in [4.78, 5) is 32.1. The summed E-state index contributed by atoms with van der Waals surface area (Å²) < 4.78 is 5.28. The minimum absolute atomic E-state index is 0. The highest BCUT2D eigenvalue weighted by Gasteiger charge is 2.18. The molecule has 1 atom stereocenters. The van der Waals surface area contributed by atoms with E-state index in [1.807, 2.05) is 20.8 Å². The maximum absolute atomic E-state index is 12.1. The summed E-state index contributed by atoms with van der Waals surface area (Å²) in [5, 5.41) is 11.8. The highest BCUT2D eigenvalue weighted by molar-refractivity contribution is 14.0. The molecule has 30 heavy (non-hydrogen) atoms. The minimum Gasteiger partial charge on any atom is -0.444 e. The average molecular weight is 534 g/mol. The van der Waals surface area contributed by atoms with Crippen molar-refractivity contribution in [3.05, 3.63) is 24.5 Å². The zero-order valence-corrected chi connectivity index (χ0v) is 20.8. The van der Waals surface area contributed by atoms with Gasteiger partial charge in [0.1, 0.15) is 5.60 Å². The Morgan fingerprint density at radius 2 is 2.00 bits per heavy atom. The number of anilines is 1. The third-order valence-electron chi connectivity index (χ3n) is 3.72. The Labute approximate surface area is 196 Å². The molecule has 0 aliphatic carbocycles. The second-order valence-corrected chi connectivity index (χ2v) is 7.58. The van der Waals surface area contributed by atoms with Gasteiger partial charge in [0, 0.05) is 25.8 Å². The molecule has 10 heteroatoms. The lowest BCUT2D eigenvalue weighted by atomic mass is 10.1. The highest BCUT2D eigenvalue weighted by Crippen LogP contribution is 2.07. The molecule has 4 N–H and O–H groups in total. The van der Waals surface area contributed by atoms with Crippen molar-refractivity contribution in [3.63, 3.8) is 0 Å². The van der Waals surface area contributed by atoms with Crippen LogP contribution >= 0.6 is 24.0 Å². The number of nitrogens with zero attached hydrogens (tertiary/aromatic N) is 2. The predicted octanol–water partition coefficient (Wildman–Crippen LogP) is 2.89. The van der Waals surface area contributed by atoms with E-state index in [4.69, 9.17) is 4.74 Å². The van der Waals surface area contributed by atoms with Gasteiger partial charge in [0.05, 0.1) is 18.4 Å². The van der Waals surface area contributed by atoms with E-state index in [0.717, 1.165) is 19.3 Å². The number of aromatic nitrogens is 1. The number of rotatable bonds is 9. The number of alkyl carbamates (subject to hydrolysis) is 1. The minimum atomic E-state index is -0.546. The van der Waals surface area contributed by atoms with Crippen LogP contribution in [0.1, 0.15) is 47.0 Å². The number of unbranched alkanes of at least 4 members (excludes halogenated alkanes) is 1. The first kappa shape index (κ1) is 27.9. The number of hydrogen-bond acceptors (Lipinski definition) is 5. The Balaban J connectivity index is 0.00000841. The molecule has 0 bridgehead atoms. The van der Waals surface area contributed by atoms with Gasteiger partial charge < -0.3 is 26.0 Å². The van der Waals surface area contributed by atoms with E-state index in [-0.39, 0.29) is 42.5 Å². The molecule has 0 fully saturated rings. The van der Waals surface area contributed by atoms with Gasteiger partial charge in [-0.2, -0.15) is 0 Å². The first-order valence-electron chi connectivity index (χ1n) is 9.87. The van der Waals surface area contributed by atoms with Crippen molar-refractivity contribution in [2.45, 2.75) is 58.6 Å². The van der Waals surface area contributed by atoms with E-state index in [9.17, 15) is 9.59 Å². The van der Waals surface area contributed by atoms with Gasteiger partial charge in [-0.25, -0.2) is 4.79 Å². The number of hydrogen-bond donors (Lipinski definition) is 4. The normalized spacial score (nSPS) is 12.2. The van der Waals surface area contributed by atoms with Crippen LogP contribution in [0.4, 0.5) is 10.5 Å². The van der Waals surface area contributed by atoms with Crippen LogP contribution < -0.4 is 21.3 Å². The Morgan fingerprint density at radius 1 is 1.27 bits per heavy atom. The van der Waals surface area contributed by atoms with E-state index in [1.165, 1.54) is 0 Å². The van der Waals surface area contributed by atoms with Crippen molar-refractivity contribution in [2.75, 3.05) is 25.5 Å². The number of halogens is 1. The molecular weight excluding hydrogens is 499 g/mol. The summed E-state index contributed by atoms with van der Waals surface area (Å²) in [5.74, 6) is 0.274. The number of aliphatic imine (C=N–C) groups is 1. The Morgan fingerprint density at radius 3 is 2.57 bits per heavy atom. The lowest BCUT2D eigenvalue weighted by Crippen LogP contribution is -2.50. The summed E-state index contributed by atoms with van der Waals surface area (Å²) in [6, 6.07) is 3.47. The molecule has 170 valence electrons. The van der Waals surface area contributed by atoms with Crippen LogP contribution in [-0.2, 0) is 9.53 Å². The Hall–Kier alpha value is -2.11. The zero-order chi connectivity index (χ0) is 21.7. The van der Waals surface area contributed by atoms with E-state index in [2.05, 4.69) is 38.2 Å². The first-order chi connectivity index (χ1) is 13.7. The van der Waals surface area contributed by atoms with Crippen LogP contribution in [0.3, 0.4) is 0 Å². The van der Waals surface area contributed by atoms with Gasteiger partial charge in [0.25, 0.3) is 0 Å². The molecule has 0 aliphatic rings. The number of pyridine rings is 1. The van der Waals surface area contributed by atoms with Crippen molar-refractivity contribution in [1.29, 1.82) is 0 Å². The topological polar surface area (TPSA) is 117 Å². The van der Waals surface area contributed by atoms with Crippen LogP contribution in [0.5, 0.6) is 0 Å². The molecule has 1 heterocycles. The number of guanidine groups is 1. The zero-order valence-electron chi connectivity index (χ0n) is 18.4. The van der Waals surface area contributed by atoms with Gasteiger partial charge in [-0.1, -0.05) is 19.8 Å². The molecule has 0 saturated carbocycles. The first-order valence-corrected chi connectivity index (χ1v) is 9.87. The SMILES string of the molecule is CCCCC(CNC(=O)OC(C)(C)C)NC(=NC)NCC(=O)Nc1cccnc1.I. The smallest absolute Gasteiger partial charge is 0.407 e. The van der Waals surface area contributed by atoms with Gasteiger partial charge >= 0.3 is 6.09 Å². The van der Waals surface area contributed by atoms with Crippen molar-refractivity contribution in [2.24, 2.45) is 4.99 Å². The van der Waals surface area contributed by atoms with E-state index >= 15 is 0 Å². The van der Waals surface area contributed by atoms with Crippen molar-refractivity contribution < 1.29 is 14.3 Å². The maximum atomic E-state index is 12.1. The van der Waals surface area contributed by atoms with Gasteiger partial charge in [0.2, 0.25) is 5.91 Å². The molecule has 1 aromatic heterocycles. The fourth-order valence-corrected chi connectivity index (χ4v) is 2.39. The summed E-state index contributed by atoms with van der Waals surface area (Å²) in [7, 11) is 1.63. The predicted molar refractivity (Wildman–Crippen MR) is 130 cm³/mol. The number of nitrogens with one attached hydrogen (secondary N) is 4. The summed E-state index contributed by atoms with van der Waals surface area (Å²) in [5.41, 5.74) is 0.0833. The van der Waals surface area contributed by atoms with Crippen LogP contribution in [0.15, 0.2) is 29.5 Å². The van der Waals surface area contributed by atoms with Crippen LogP contribution in [0.2, 0.25) is 0 Å². The molecule has 1 unspecified atom stereocenters. The Bertz CT molecular complexity index is 664. The second kappa shape index (κ2) is 14.8. The standard InChI is InChI=1S/C20H34N6O3.HI/c1-6-7-9-16(13-24-19(28)29-20(2,3)4)26-18(21-5)23-14-17(27)25-15-10-8-11-22-12-15;/h8,10-12,16H,6-7,9,13-14H2,1-5H3,(H,24,28)(H,25,27)(H2,21,23,26);1H. The molecule has 0 radical (unpaired) electrons. The molecule has 0 saturated heterocycles. The van der Waals surface area contributed by atoms with Crippen molar-refractivity contribution in [1.82, 2.24) is 20.9 Å². The number of ether oxygens (including phenoxy) is 1. The lowest BCUT2D eigenvalue weighted by Gasteiger charge is -2.24. The summed E-state index contributed by atoms with van der Waals surface area (Å²) >= 11 is 0. The highest BCUT2D eigenvalue weighted by atomic mass is 127. The molecular formula is C20H35IN6O3. The van der Waals surface area contributed by atoms with Gasteiger partial charge in [-0.15, -0.1) is 24.0 Å². The number of carbonyl (C=O) groups is 2. The fraction of sp³-hybridized carbons (Fsp3) is 0.600. The third kappa shape index (κ3) is 13.2. The molecule has 9 nitrogen and oxygen atoms in total. The molecule has 2 amide bonds. The third-order valence-corrected chi connectivity index (χ3v) is 3.72. The van der Waals surface area contributed by atoms with E-state index < -0.39 is 11.7 Å². The van der Waals surface area contributed by atoms with Crippen LogP contribution in [-0.4, -0.2) is 54.7 Å². The molecule has 0 aromatic carbocycles. The summed E-state index contributed by atoms with van der Waals surface area (Å²) in [6.45, 7) is 8.01. The van der Waals surface area contributed by atoms with Crippen molar-refractivity contribution in [3.8, 4) is 0 Å². The average Bonchev–Trinajstić information content (AvgIpc) is 2.66. The van der Waals surface area contributed by atoms with Crippen LogP contribution in [0, 0.1) is 0 Å². The fourth-order valence-electron chi connectivity index (χ4n) is 2.39. The van der Waals surface area contributed by atoms with Gasteiger partial charge in [0.15, 0.2) is 5.96 Å². The molecule has 0 spiro atoms. The van der Waals surface area contributed by atoms with Gasteiger partial charge in [-0.3, -0.25) is 14.8 Å².